The number of piperazine rings is 1. The van der Waals surface area contributed by atoms with Crippen molar-refractivity contribution in [1.82, 2.24) is 24.4 Å². The first-order chi connectivity index (χ1) is 17.5. The molecule has 37 heavy (non-hydrogen) atoms. The largest absolute Gasteiger partial charge is 0.444 e. The predicted octanol–water partition coefficient (Wildman–Crippen LogP) is 3.75. The van der Waals surface area contributed by atoms with Crippen molar-refractivity contribution in [2.45, 2.75) is 52.7 Å². The molecule has 1 fully saturated rings. The standard InChI is InChI=1S/C26H35N9O2/c1-7-18(31-23-17(15-27)16(2)29-24(28)32-23)22-21(14-20-19(30-22)8-9-33(20)6)34-10-12-35(13-11-34)25(36)37-26(3,4)5/h8-9,14,18H,7,10-13H2,1-6H3,(H3,28,29,31,32)/t18-/m0/s1. The SMILES string of the molecule is CC[C@H](Nc1nc(N)nc(C)c1C#N)c1nc2ccn(C)c2cc1N1CCN(C(=O)OC(C)(C)C)CC1. The van der Waals surface area contributed by atoms with Crippen molar-refractivity contribution in [2.75, 3.05) is 42.1 Å². The van der Waals surface area contributed by atoms with E-state index >= 15 is 0 Å². The third-order valence-electron chi connectivity index (χ3n) is 6.42. The lowest BCUT2D eigenvalue weighted by atomic mass is 10.1. The first-order valence-corrected chi connectivity index (χ1v) is 12.5. The van der Waals surface area contributed by atoms with Gasteiger partial charge in [0.2, 0.25) is 5.95 Å². The number of ether oxygens (including phenoxy) is 1. The van der Waals surface area contributed by atoms with Crippen LogP contribution in [0.2, 0.25) is 0 Å². The van der Waals surface area contributed by atoms with Crippen LogP contribution in [0.3, 0.4) is 0 Å². The molecule has 3 aromatic rings. The molecule has 3 N–H and O–H groups in total. The van der Waals surface area contributed by atoms with Crippen LogP contribution in [0.15, 0.2) is 18.3 Å². The van der Waals surface area contributed by atoms with Gasteiger partial charge in [-0.3, -0.25) is 0 Å². The Hall–Kier alpha value is -4.07. The van der Waals surface area contributed by atoms with E-state index in [1.54, 1.807) is 11.8 Å². The van der Waals surface area contributed by atoms with Gasteiger partial charge in [-0.2, -0.15) is 10.2 Å². The van der Waals surface area contributed by atoms with Crippen LogP contribution in [0.4, 0.5) is 22.2 Å². The van der Waals surface area contributed by atoms with E-state index in [2.05, 4.69) is 39.2 Å². The predicted molar refractivity (Wildman–Crippen MR) is 143 cm³/mol. The van der Waals surface area contributed by atoms with Crippen LogP contribution in [-0.4, -0.2) is 62.3 Å². The molecule has 4 rings (SSSR count). The fraction of sp³-hybridized carbons (Fsp3) is 0.500. The highest BCUT2D eigenvalue weighted by Gasteiger charge is 2.29. The highest BCUT2D eigenvalue weighted by Crippen LogP contribution is 2.34. The first kappa shape index (κ1) is 26.0. The summed E-state index contributed by atoms with van der Waals surface area (Å²) in [4.78, 5) is 30.1. The zero-order valence-corrected chi connectivity index (χ0v) is 22.4. The maximum atomic E-state index is 12.6. The van der Waals surface area contributed by atoms with Gasteiger partial charge >= 0.3 is 6.09 Å². The van der Waals surface area contributed by atoms with E-state index in [4.69, 9.17) is 15.5 Å². The zero-order valence-electron chi connectivity index (χ0n) is 22.4. The molecule has 11 nitrogen and oxygen atoms in total. The number of fused-ring (bicyclic) bond motifs is 1. The van der Waals surface area contributed by atoms with Gasteiger partial charge in [0.15, 0.2) is 0 Å². The fourth-order valence-electron chi connectivity index (χ4n) is 4.52. The molecule has 0 aliphatic carbocycles. The van der Waals surface area contributed by atoms with Gasteiger partial charge in [-0.05, 0) is 46.2 Å². The number of anilines is 3. The summed E-state index contributed by atoms with van der Waals surface area (Å²) >= 11 is 0. The normalized spacial score (nSPS) is 14.9. The van der Waals surface area contributed by atoms with E-state index in [0.717, 1.165) is 22.4 Å². The van der Waals surface area contributed by atoms with Crippen LogP contribution in [0.5, 0.6) is 0 Å². The molecule has 0 spiro atoms. The van der Waals surface area contributed by atoms with Gasteiger partial charge in [0.05, 0.1) is 34.2 Å². The second kappa shape index (κ2) is 10.1. The highest BCUT2D eigenvalue weighted by atomic mass is 16.6. The number of pyridine rings is 1. The van der Waals surface area contributed by atoms with Crippen LogP contribution in [0, 0.1) is 18.3 Å². The molecule has 1 aliphatic heterocycles. The minimum atomic E-state index is -0.534. The zero-order chi connectivity index (χ0) is 26.9. The number of amides is 1. The Morgan fingerprint density at radius 2 is 1.95 bits per heavy atom. The summed E-state index contributed by atoms with van der Waals surface area (Å²) in [6, 6.07) is 6.09. The lowest BCUT2D eigenvalue weighted by Crippen LogP contribution is -2.50. The molecule has 1 saturated heterocycles. The van der Waals surface area contributed by atoms with E-state index in [9.17, 15) is 10.1 Å². The Labute approximate surface area is 217 Å². The molecule has 11 heteroatoms. The number of nitrogens with two attached hydrogens (primary N) is 1. The molecule has 3 aromatic heterocycles. The third kappa shape index (κ3) is 5.53. The number of hydrogen-bond donors (Lipinski definition) is 2. The quantitative estimate of drug-likeness (QED) is 0.531. The summed E-state index contributed by atoms with van der Waals surface area (Å²) in [5, 5.41) is 13.1. The van der Waals surface area contributed by atoms with Crippen LogP contribution in [-0.2, 0) is 11.8 Å². The molecular weight excluding hydrogens is 470 g/mol. The van der Waals surface area contributed by atoms with Gasteiger partial charge in [-0.25, -0.2) is 14.8 Å². The van der Waals surface area contributed by atoms with Crippen molar-refractivity contribution < 1.29 is 9.53 Å². The molecule has 1 aliphatic rings. The molecular formula is C26H35N9O2. The molecule has 4 heterocycles. The molecule has 0 radical (unpaired) electrons. The number of nitriles is 1. The van der Waals surface area contributed by atoms with Gasteiger partial charge in [0.1, 0.15) is 23.1 Å². The van der Waals surface area contributed by atoms with Gasteiger partial charge in [-0.15, -0.1) is 0 Å². The Morgan fingerprint density at radius 3 is 2.57 bits per heavy atom. The van der Waals surface area contributed by atoms with E-state index in [1.807, 2.05) is 44.6 Å². The molecule has 0 saturated carbocycles. The number of carbonyl (C=O) groups excluding carboxylic acids is 1. The van der Waals surface area contributed by atoms with E-state index < -0.39 is 5.60 Å². The Bertz CT molecular complexity index is 1340. The van der Waals surface area contributed by atoms with Crippen molar-refractivity contribution >= 4 is 34.6 Å². The summed E-state index contributed by atoms with van der Waals surface area (Å²) in [7, 11) is 2.00. The Balaban J connectivity index is 1.67. The average Bonchev–Trinajstić information content (AvgIpc) is 3.20. The number of hydrogen-bond acceptors (Lipinski definition) is 9. The lowest BCUT2D eigenvalue weighted by Gasteiger charge is -2.38. The van der Waals surface area contributed by atoms with Crippen molar-refractivity contribution in [3.63, 3.8) is 0 Å². The summed E-state index contributed by atoms with van der Waals surface area (Å²) < 4.78 is 7.61. The second-order valence-corrected chi connectivity index (χ2v) is 10.3. The van der Waals surface area contributed by atoms with E-state index in [-0.39, 0.29) is 18.1 Å². The van der Waals surface area contributed by atoms with Crippen LogP contribution in [0.1, 0.15) is 57.1 Å². The van der Waals surface area contributed by atoms with Crippen molar-refractivity contribution in [3.8, 4) is 6.07 Å². The van der Waals surface area contributed by atoms with Crippen LogP contribution < -0.4 is 16.0 Å². The summed E-state index contributed by atoms with van der Waals surface area (Å²) in [5.74, 6) is 0.508. The lowest BCUT2D eigenvalue weighted by molar-refractivity contribution is 0.0240. The summed E-state index contributed by atoms with van der Waals surface area (Å²) in [6.07, 6.45) is 2.39. The average molecular weight is 506 g/mol. The minimum Gasteiger partial charge on any atom is -0.444 e. The number of nitrogens with one attached hydrogen (secondary N) is 1. The molecule has 196 valence electrons. The maximum Gasteiger partial charge on any atom is 0.410 e. The van der Waals surface area contributed by atoms with Crippen molar-refractivity contribution in [2.24, 2.45) is 7.05 Å². The molecule has 0 unspecified atom stereocenters. The van der Waals surface area contributed by atoms with Gasteiger partial charge in [-0.1, -0.05) is 6.92 Å². The van der Waals surface area contributed by atoms with Crippen LogP contribution in [0.25, 0.3) is 11.0 Å². The van der Waals surface area contributed by atoms with Gasteiger partial charge in [0.25, 0.3) is 0 Å². The second-order valence-electron chi connectivity index (χ2n) is 10.3. The maximum absolute atomic E-state index is 12.6. The summed E-state index contributed by atoms with van der Waals surface area (Å²) in [6.45, 7) is 11.8. The Kier molecular flexibility index (Phi) is 7.12. The number of nitrogens with zero attached hydrogens (tertiary/aromatic N) is 7. The monoisotopic (exact) mass is 505 g/mol. The van der Waals surface area contributed by atoms with Crippen LogP contribution >= 0.6 is 0 Å². The number of aromatic nitrogens is 4. The number of carbonyl (C=O) groups is 1. The summed E-state index contributed by atoms with van der Waals surface area (Å²) in [5.41, 5.74) is 9.98. The van der Waals surface area contributed by atoms with Crippen molar-refractivity contribution in [3.05, 3.63) is 35.3 Å². The van der Waals surface area contributed by atoms with Gasteiger partial charge in [0, 0.05) is 39.4 Å². The molecule has 0 bridgehead atoms. The topological polar surface area (TPSA) is 138 Å². The highest BCUT2D eigenvalue weighted by molar-refractivity contribution is 5.81. The van der Waals surface area contributed by atoms with Crippen molar-refractivity contribution in [1.29, 1.82) is 5.26 Å². The Morgan fingerprint density at radius 1 is 1.24 bits per heavy atom. The van der Waals surface area contributed by atoms with Gasteiger partial charge < -0.3 is 30.2 Å². The molecule has 1 atom stereocenters. The number of aryl methyl sites for hydroxylation is 2. The smallest absolute Gasteiger partial charge is 0.410 e. The first-order valence-electron chi connectivity index (χ1n) is 12.5. The fourth-order valence-corrected chi connectivity index (χ4v) is 4.52. The molecule has 1 amide bonds. The van der Waals surface area contributed by atoms with E-state index in [1.165, 1.54) is 0 Å². The number of rotatable bonds is 5. The minimum absolute atomic E-state index is 0.110. The molecule has 0 aromatic carbocycles. The van der Waals surface area contributed by atoms with E-state index in [0.29, 0.717) is 49.7 Å². The number of nitrogen functional groups attached to an aromatic ring is 1. The third-order valence-corrected chi connectivity index (χ3v) is 6.42.